The van der Waals surface area contributed by atoms with Crippen LogP contribution in [0.15, 0.2) is 0 Å². The van der Waals surface area contributed by atoms with Crippen molar-refractivity contribution in [2.45, 2.75) is 20.8 Å². The van der Waals surface area contributed by atoms with E-state index in [2.05, 4.69) is 6.21 Å². The summed E-state index contributed by atoms with van der Waals surface area (Å²) >= 11 is 0. The van der Waals surface area contributed by atoms with Crippen molar-refractivity contribution in [3.63, 3.8) is 0 Å². The topological polar surface area (TPSA) is 23.9 Å². The maximum atomic E-state index is 6.60. The van der Waals surface area contributed by atoms with Crippen LogP contribution in [0.2, 0.25) is 0 Å². The predicted molar refractivity (Wildman–Crippen MR) is 27.2 cm³/mol. The standard InChI is InChI=1S/C5H10N/c1-5(2,3)4-6/h6H,1-3H3/q+1. The third kappa shape index (κ3) is 3.58. The lowest BCUT2D eigenvalue weighted by molar-refractivity contribution is 0.604. The van der Waals surface area contributed by atoms with Crippen LogP contribution in [-0.2, 0) is 0 Å². The van der Waals surface area contributed by atoms with Gasteiger partial charge < -0.3 is 0 Å². The average Bonchev–Trinajstić information content (AvgIpc) is 1.35. The van der Waals surface area contributed by atoms with Crippen molar-refractivity contribution in [1.29, 1.82) is 5.41 Å². The summed E-state index contributed by atoms with van der Waals surface area (Å²) in [4.78, 5) is 0. The minimum Gasteiger partial charge on any atom is -0.0553 e. The zero-order valence-corrected chi connectivity index (χ0v) is 4.50. The Labute approximate surface area is 38.9 Å². The van der Waals surface area contributed by atoms with Gasteiger partial charge in [0.1, 0.15) is 0 Å². The molecule has 34 valence electrons. The van der Waals surface area contributed by atoms with Crippen LogP contribution in [0.4, 0.5) is 0 Å². The summed E-state index contributed by atoms with van der Waals surface area (Å²) in [5.74, 6) is 0. The van der Waals surface area contributed by atoms with Crippen molar-refractivity contribution >= 4 is 6.21 Å². The van der Waals surface area contributed by atoms with Crippen LogP contribution in [0.1, 0.15) is 20.8 Å². The minimum absolute atomic E-state index is 0.0417. The molecule has 0 aromatic rings. The molecule has 0 aliphatic heterocycles. The molecule has 0 spiro atoms. The molecule has 1 heteroatoms. The monoisotopic (exact) mass is 84.1 g/mol. The first-order chi connectivity index (χ1) is 2.56. The third-order valence-corrected chi connectivity index (χ3v) is 0.375. The van der Waals surface area contributed by atoms with E-state index in [1.807, 2.05) is 20.8 Å². The zero-order valence-electron chi connectivity index (χ0n) is 4.50. The van der Waals surface area contributed by atoms with E-state index in [1.165, 1.54) is 0 Å². The highest BCUT2D eigenvalue weighted by molar-refractivity contribution is 5.59. The van der Waals surface area contributed by atoms with E-state index in [-0.39, 0.29) is 5.41 Å². The molecular formula is C5H10N+. The summed E-state index contributed by atoms with van der Waals surface area (Å²) in [5, 5.41) is 6.60. The Morgan fingerprint density at radius 3 is 1.50 bits per heavy atom. The minimum atomic E-state index is -0.0417. The summed E-state index contributed by atoms with van der Waals surface area (Å²) in [6.45, 7) is 5.83. The Bertz CT molecular complexity index is 49.4. The number of nitrogens with one attached hydrogen (secondary N) is 1. The molecule has 0 atom stereocenters. The molecule has 0 radical (unpaired) electrons. The van der Waals surface area contributed by atoms with Gasteiger partial charge in [-0.1, -0.05) is 5.41 Å². The molecule has 0 aromatic carbocycles. The molecule has 0 saturated carbocycles. The second-order valence-electron chi connectivity index (χ2n) is 2.38. The van der Waals surface area contributed by atoms with Crippen molar-refractivity contribution in [3.05, 3.63) is 0 Å². The Morgan fingerprint density at radius 1 is 1.33 bits per heavy atom. The van der Waals surface area contributed by atoms with Crippen molar-refractivity contribution in [2.75, 3.05) is 0 Å². The molecule has 0 saturated heterocycles. The van der Waals surface area contributed by atoms with Crippen LogP contribution in [0.25, 0.3) is 0 Å². The maximum absolute atomic E-state index is 6.60. The number of rotatable bonds is 0. The lowest BCUT2D eigenvalue weighted by Gasteiger charge is -1.89. The molecule has 0 bridgehead atoms. The molecule has 0 aliphatic rings. The summed E-state index contributed by atoms with van der Waals surface area (Å²) in [5.41, 5.74) is -0.0417. The summed E-state index contributed by atoms with van der Waals surface area (Å²) in [6, 6.07) is 0. The Hall–Kier alpha value is -0.420. The molecule has 0 amide bonds. The van der Waals surface area contributed by atoms with E-state index in [1.54, 1.807) is 0 Å². The quantitative estimate of drug-likeness (QED) is 0.340. The maximum Gasteiger partial charge on any atom is 0.360 e. The SMILES string of the molecule is CC(C)(C)[C+]=N. The van der Waals surface area contributed by atoms with Crippen LogP contribution in [-0.4, -0.2) is 6.21 Å². The number of hydrogen-bond acceptors (Lipinski definition) is 1. The third-order valence-electron chi connectivity index (χ3n) is 0.375. The highest BCUT2D eigenvalue weighted by atomic mass is 14.4. The Kier molecular flexibility index (Phi) is 1.26. The van der Waals surface area contributed by atoms with Crippen LogP contribution in [0.3, 0.4) is 0 Å². The zero-order chi connectivity index (χ0) is 5.21. The normalized spacial score (nSPS) is 10.5. The van der Waals surface area contributed by atoms with Crippen molar-refractivity contribution < 1.29 is 0 Å². The van der Waals surface area contributed by atoms with Gasteiger partial charge in [-0.25, -0.2) is 0 Å². The van der Waals surface area contributed by atoms with Gasteiger partial charge in [-0.2, -0.15) is 0 Å². The highest BCUT2D eigenvalue weighted by Crippen LogP contribution is 2.05. The molecule has 0 unspecified atom stereocenters. The van der Waals surface area contributed by atoms with E-state index in [0.29, 0.717) is 0 Å². The average molecular weight is 84.1 g/mol. The first-order valence-corrected chi connectivity index (χ1v) is 2.00. The first kappa shape index (κ1) is 5.58. The van der Waals surface area contributed by atoms with E-state index in [0.717, 1.165) is 0 Å². The van der Waals surface area contributed by atoms with Gasteiger partial charge in [0.05, 0.1) is 0 Å². The van der Waals surface area contributed by atoms with Gasteiger partial charge >= 0.3 is 6.21 Å². The van der Waals surface area contributed by atoms with Gasteiger partial charge in [0.2, 0.25) is 5.41 Å². The first-order valence-electron chi connectivity index (χ1n) is 2.00. The fourth-order valence-electron chi connectivity index (χ4n) is 0. The van der Waals surface area contributed by atoms with E-state index in [4.69, 9.17) is 5.41 Å². The lowest BCUT2D eigenvalue weighted by Crippen LogP contribution is -2.03. The molecule has 0 rings (SSSR count). The van der Waals surface area contributed by atoms with Crippen molar-refractivity contribution in [3.8, 4) is 0 Å². The fourth-order valence-corrected chi connectivity index (χ4v) is 0. The molecule has 0 aliphatic carbocycles. The summed E-state index contributed by atoms with van der Waals surface area (Å²) in [6.07, 6.45) is 2.35. The van der Waals surface area contributed by atoms with Gasteiger partial charge in [-0.05, 0) is 20.8 Å². The van der Waals surface area contributed by atoms with Crippen LogP contribution in [0, 0.1) is 10.8 Å². The molecule has 0 fully saturated rings. The van der Waals surface area contributed by atoms with Gasteiger partial charge in [-0.3, -0.25) is 0 Å². The predicted octanol–water partition coefficient (Wildman–Crippen LogP) is 1.56. The molecule has 0 heterocycles. The van der Waals surface area contributed by atoms with Crippen molar-refractivity contribution in [2.24, 2.45) is 5.41 Å². The van der Waals surface area contributed by atoms with Gasteiger partial charge in [0.15, 0.2) is 0 Å². The molecule has 0 aromatic heterocycles. The largest absolute Gasteiger partial charge is 0.360 e. The van der Waals surface area contributed by atoms with Gasteiger partial charge in [0.25, 0.3) is 0 Å². The smallest absolute Gasteiger partial charge is 0.0553 e. The van der Waals surface area contributed by atoms with E-state index >= 15 is 0 Å². The fraction of sp³-hybridized carbons (Fsp3) is 0.800. The van der Waals surface area contributed by atoms with Gasteiger partial charge in [-0.15, -0.1) is 0 Å². The Morgan fingerprint density at radius 2 is 1.50 bits per heavy atom. The van der Waals surface area contributed by atoms with Crippen LogP contribution >= 0.6 is 0 Å². The molecular weight excluding hydrogens is 74.1 g/mol. The molecule has 1 N–H and O–H groups in total. The summed E-state index contributed by atoms with van der Waals surface area (Å²) < 4.78 is 0. The lowest BCUT2D eigenvalue weighted by atomic mass is 10.00. The Balaban J connectivity index is 3.45. The van der Waals surface area contributed by atoms with E-state index < -0.39 is 0 Å². The second-order valence-corrected chi connectivity index (χ2v) is 2.38. The van der Waals surface area contributed by atoms with Crippen LogP contribution in [0.5, 0.6) is 0 Å². The van der Waals surface area contributed by atoms with E-state index in [9.17, 15) is 0 Å². The highest BCUT2D eigenvalue weighted by Gasteiger charge is 2.19. The second kappa shape index (κ2) is 1.36. The molecule has 1 nitrogen and oxygen atoms in total. The number of hydrogen-bond donors (Lipinski definition) is 1. The summed E-state index contributed by atoms with van der Waals surface area (Å²) in [7, 11) is 0. The molecule has 6 heavy (non-hydrogen) atoms. The van der Waals surface area contributed by atoms with Gasteiger partial charge in [0, 0.05) is 0 Å². The van der Waals surface area contributed by atoms with Crippen molar-refractivity contribution in [1.82, 2.24) is 0 Å². The van der Waals surface area contributed by atoms with Crippen LogP contribution < -0.4 is 0 Å².